The van der Waals surface area contributed by atoms with Crippen LogP contribution in [0.2, 0.25) is 0 Å². The second-order valence-electron chi connectivity index (χ2n) is 4.22. The molecular formula is C9H19NO4S. The SMILES string of the molecule is COCC(C)CNC1CS(=O)(=O)CC1O. The summed E-state index contributed by atoms with van der Waals surface area (Å²) in [5, 5.41) is 12.6. The first-order chi connectivity index (χ1) is 6.94. The first-order valence-electron chi connectivity index (χ1n) is 5.05. The van der Waals surface area contributed by atoms with Crippen LogP contribution >= 0.6 is 0 Å². The minimum absolute atomic E-state index is 0.0356. The van der Waals surface area contributed by atoms with E-state index in [2.05, 4.69) is 5.32 Å². The number of nitrogens with one attached hydrogen (secondary N) is 1. The Morgan fingerprint density at radius 1 is 1.53 bits per heavy atom. The van der Waals surface area contributed by atoms with E-state index in [9.17, 15) is 13.5 Å². The molecular weight excluding hydrogens is 218 g/mol. The monoisotopic (exact) mass is 237 g/mol. The van der Waals surface area contributed by atoms with Crippen LogP contribution in [0.5, 0.6) is 0 Å². The van der Waals surface area contributed by atoms with Gasteiger partial charge in [-0.25, -0.2) is 8.42 Å². The van der Waals surface area contributed by atoms with Gasteiger partial charge in [0.15, 0.2) is 9.84 Å². The summed E-state index contributed by atoms with van der Waals surface area (Å²) < 4.78 is 27.4. The van der Waals surface area contributed by atoms with Crippen molar-refractivity contribution in [3.05, 3.63) is 0 Å². The molecule has 0 saturated carbocycles. The molecule has 1 aliphatic heterocycles. The Morgan fingerprint density at radius 3 is 2.67 bits per heavy atom. The Morgan fingerprint density at radius 2 is 2.20 bits per heavy atom. The third-order valence-electron chi connectivity index (χ3n) is 2.50. The van der Waals surface area contributed by atoms with Crippen LogP contribution < -0.4 is 5.32 Å². The highest BCUT2D eigenvalue weighted by atomic mass is 32.2. The van der Waals surface area contributed by atoms with E-state index in [4.69, 9.17) is 4.74 Å². The molecule has 1 rings (SSSR count). The number of methoxy groups -OCH3 is 1. The first kappa shape index (κ1) is 12.9. The van der Waals surface area contributed by atoms with E-state index < -0.39 is 15.9 Å². The fourth-order valence-electron chi connectivity index (χ4n) is 1.72. The van der Waals surface area contributed by atoms with Crippen molar-refractivity contribution in [2.45, 2.75) is 19.1 Å². The Kier molecular flexibility index (Phi) is 4.51. The van der Waals surface area contributed by atoms with E-state index in [0.29, 0.717) is 19.1 Å². The van der Waals surface area contributed by atoms with Gasteiger partial charge in [-0.3, -0.25) is 0 Å². The Hall–Kier alpha value is -0.170. The lowest BCUT2D eigenvalue weighted by Gasteiger charge is -2.17. The van der Waals surface area contributed by atoms with Gasteiger partial charge in [0.1, 0.15) is 0 Å². The zero-order chi connectivity index (χ0) is 11.5. The van der Waals surface area contributed by atoms with Crippen molar-refractivity contribution in [2.75, 3.05) is 31.8 Å². The molecule has 1 heterocycles. The maximum Gasteiger partial charge on any atom is 0.154 e. The molecule has 15 heavy (non-hydrogen) atoms. The molecule has 0 aromatic rings. The number of rotatable bonds is 5. The summed E-state index contributed by atoms with van der Waals surface area (Å²) in [6, 6.07) is -0.325. The number of sulfone groups is 1. The second kappa shape index (κ2) is 5.25. The molecule has 0 aromatic carbocycles. The molecule has 1 aliphatic rings. The van der Waals surface area contributed by atoms with Crippen LogP contribution in [0.4, 0.5) is 0 Å². The Balaban J connectivity index is 2.34. The predicted molar refractivity (Wildman–Crippen MR) is 57.5 cm³/mol. The third-order valence-corrected chi connectivity index (χ3v) is 4.22. The zero-order valence-corrected chi connectivity index (χ0v) is 9.96. The summed E-state index contributed by atoms with van der Waals surface area (Å²) in [5.41, 5.74) is 0. The molecule has 1 saturated heterocycles. The van der Waals surface area contributed by atoms with Gasteiger partial charge in [0.2, 0.25) is 0 Å². The van der Waals surface area contributed by atoms with Crippen molar-refractivity contribution < 1.29 is 18.3 Å². The summed E-state index contributed by atoms with van der Waals surface area (Å²) in [6.07, 6.45) is -0.773. The average Bonchev–Trinajstić information content (AvgIpc) is 2.36. The van der Waals surface area contributed by atoms with Gasteiger partial charge in [0.05, 0.1) is 17.6 Å². The highest BCUT2D eigenvalue weighted by molar-refractivity contribution is 7.91. The highest BCUT2D eigenvalue weighted by Crippen LogP contribution is 2.12. The van der Waals surface area contributed by atoms with Crippen molar-refractivity contribution >= 4 is 9.84 Å². The summed E-state index contributed by atoms with van der Waals surface area (Å²) in [5.74, 6) is 0.225. The summed E-state index contributed by atoms with van der Waals surface area (Å²) >= 11 is 0. The first-order valence-corrected chi connectivity index (χ1v) is 6.87. The fourth-order valence-corrected chi connectivity index (χ4v) is 3.50. The van der Waals surface area contributed by atoms with Gasteiger partial charge in [-0.1, -0.05) is 6.92 Å². The number of hydrogen-bond acceptors (Lipinski definition) is 5. The standard InChI is InChI=1S/C9H19NO4S/c1-7(4-14-2)3-10-8-5-15(12,13)6-9(8)11/h7-11H,3-6H2,1-2H3. The van der Waals surface area contributed by atoms with Gasteiger partial charge in [-0.05, 0) is 5.92 Å². The van der Waals surface area contributed by atoms with Crippen LogP contribution in [-0.4, -0.2) is 57.4 Å². The van der Waals surface area contributed by atoms with Crippen molar-refractivity contribution in [2.24, 2.45) is 5.92 Å². The highest BCUT2D eigenvalue weighted by Gasteiger charge is 2.35. The van der Waals surface area contributed by atoms with Crippen LogP contribution in [0.1, 0.15) is 6.92 Å². The molecule has 0 spiro atoms. The van der Waals surface area contributed by atoms with E-state index in [1.165, 1.54) is 0 Å². The van der Waals surface area contributed by atoms with Crippen molar-refractivity contribution in [3.63, 3.8) is 0 Å². The molecule has 0 aromatic heterocycles. The van der Waals surface area contributed by atoms with Crippen LogP contribution in [0.25, 0.3) is 0 Å². The van der Waals surface area contributed by atoms with Crippen molar-refractivity contribution in [3.8, 4) is 0 Å². The molecule has 2 N–H and O–H groups in total. The molecule has 5 nitrogen and oxygen atoms in total. The Bertz CT molecular complexity index is 290. The topological polar surface area (TPSA) is 75.6 Å². The van der Waals surface area contributed by atoms with Gasteiger partial charge in [-0.15, -0.1) is 0 Å². The zero-order valence-electron chi connectivity index (χ0n) is 9.14. The summed E-state index contributed by atoms with van der Waals surface area (Å²) in [4.78, 5) is 0. The van der Waals surface area contributed by atoms with Gasteiger partial charge >= 0.3 is 0 Å². The van der Waals surface area contributed by atoms with Gasteiger partial charge in [0.25, 0.3) is 0 Å². The third kappa shape index (κ3) is 4.06. The van der Waals surface area contributed by atoms with Crippen LogP contribution in [0.15, 0.2) is 0 Å². The summed E-state index contributed by atoms with van der Waals surface area (Å²) in [7, 11) is -1.42. The largest absolute Gasteiger partial charge is 0.390 e. The van der Waals surface area contributed by atoms with E-state index in [1.807, 2.05) is 6.92 Å². The normalized spacial score (nSPS) is 31.7. The maximum atomic E-state index is 11.2. The predicted octanol–water partition coefficient (Wildman–Crippen LogP) is -0.984. The van der Waals surface area contributed by atoms with Gasteiger partial charge < -0.3 is 15.2 Å². The minimum Gasteiger partial charge on any atom is -0.390 e. The van der Waals surface area contributed by atoms with E-state index in [-0.39, 0.29) is 17.5 Å². The van der Waals surface area contributed by atoms with E-state index in [0.717, 1.165) is 0 Å². The van der Waals surface area contributed by atoms with Crippen LogP contribution in [0.3, 0.4) is 0 Å². The lowest BCUT2D eigenvalue weighted by molar-refractivity contribution is 0.140. The van der Waals surface area contributed by atoms with Crippen LogP contribution in [0, 0.1) is 5.92 Å². The molecule has 3 atom stereocenters. The molecule has 0 bridgehead atoms. The van der Waals surface area contributed by atoms with Crippen molar-refractivity contribution in [1.82, 2.24) is 5.32 Å². The lowest BCUT2D eigenvalue weighted by Crippen LogP contribution is -2.41. The molecule has 1 fully saturated rings. The number of aliphatic hydroxyl groups excluding tert-OH is 1. The number of ether oxygens (including phenoxy) is 1. The number of hydrogen-bond donors (Lipinski definition) is 2. The molecule has 6 heteroatoms. The van der Waals surface area contributed by atoms with Gasteiger partial charge in [-0.2, -0.15) is 0 Å². The molecule has 90 valence electrons. The van der Waals surface area contributed by atoms with Crippen molar-refractivity contribution in [1.29, 1.82) is 0 Å². The molecule has 0 amide bonds. The van der Waals surface area contributed by atoms with Gasteiger partial charge in [0, 0.05) is 26.3 Å². The summed E-state index contributed by atoms with van der Waals surface area (Å²) in [6.45, 7) is 3.29. The molecule has 0 radical (unpaired) electrons. The molecule has 0 aliphatic carbocycles. The fraction of sp³-hybridized carbons (Fsp3) is 1.00. The molecule has 3 unspecified atom stereocenters. The van der Waals surface area contributed by atoms with E-state index in [1.54, 1.807) is 7.11 Å². The lowest BCUT2D eigenvalue weighted by atomic mass is 10.1. The maximum absolute atomic E-state index is 11.2. The smallest absolute Gasteiger partial charge is 0.154 e. The van der Waals surface area contributed by atoms with Crippen LogP contribution in [-0.2, 0) is 14.6 Å². The Labute approximate surface area is 90.7 Å². The second-order valence-corrected chi connectivity index (χ2v) is 6.37. The quantitative estimate of drug-likeness (QED) is 0.642. The van der Waals surface area contributed by atoms with E-state index >= 15 is 0 Å². The minimum atomic E-state index is -3.05. The number of aliphatic hydroxyl groups is 1. The average molecular weight is 237 g/mol.